The van der Waals surface area contributed by atoms with Crippen LogP contribution >= 0.6 is 0 Å². The standard InChI is InChI=1S/C32H26N4O4/c1-2-3-12-28-34-29-27(17-22(18-33-29)36-30(37)24-9-5-6-10-25(24)31(36)38)35(28)19-20-13-15-21(16-14-20)23-8-4-7-11-26(23)32(39)40/h4-11,13-18H,2-3,12,19H2,1H3,(H,39,40). The number of imide groups is 1. The summed E-state index contributed by atoms with van der Waals surface area (Å²) in [6, 6.07) is 23.4. The van der Waals surface area contributed by atoms with Crippen molar-refractivity contribution in [2.75, 3.05) is 4.90 Å². The molecule has 0 aliphatic carbocycles. The van der Waals surface area contributed by atoms with Gasteiger partial charge in [0.25, 0.3) is 11.8 Å². The molecule has 1 aliphatic heterocycles. The summed E-state index contributed by atoms with van der Waals surface area (Å²) in [6.07, 6.45) is 4.26. The number of hydrogen-bond donors (Lipinski definition) is 1. The molecule has 0 atom stereocenters. The molecule has 3 heterocycles. The van der Waals surface area contributed by atoms with Crippen LogP contribution in [-0.4, -0.2) is 37.4 Å². The Morgan fingerprint density at radius 2 is 1.52 bits per heavy atom. The van der Waals surface area contributed by atoms with Crippen LogP contribution < -0.4 is 4.90 Å². The molecule has 0 saturated heterocycles. The monoisotopic (exact) mass is 530 g/mol. The van der Waals surface area contributed by atoms with Crippen LogP contribution in [-0.2, 0) is 13.0 Å². The molecule has 0 bridgehead atoms. The van der Waals surface area contributed by atoms with Gasteiger partial charge in [0.2, 0.25) is 0 Å². The van der Waals surface area contributed by atoms with Gasteiger partial charge in [-0.2, -0.15) is 0 Å². The molecule has 2 amide bonds. The Balaban J connectivity index is 1.37. The maximum absolute atomic E-state index is 13.1. The van der Waals surface area contributed by atoms with Gasteiger partial charge in [-0.3, -0.25) is 9.59 Å². The first kappa shape index (κ1) is 25.2. The van der Waals surface area contributed by atoms with Crippen LogP contribution in [0.1, 0.15) is 62.2 Å². The summed E-state index contributed by atoms with van der Waals surface area (Å²) in [5.74, 6) is -0.817. The van der Waals surface area contributed by atoms with Crippen molar-refractivity contribution in [3.8, 4) is 11.1 Å². The fraction of sp³-hybridized carbons (Fsp3) is 0.156. The number of aromatic carboxylic acids is 1. The van der Waals surface area contributed by atoms with E-state index in [9.17, 15) is 19.5 Å². The van der Waals surface area contributed by atoms with E-state index in [1.54, 1.807) is 42.5 Å². The topological polar surface area (TPSA) is 105 Å². The fourth-order valence-electron chi connectivity index (χ4n) is 5.18. The number of fused-ring (bicyclic) bond motifs is 2. The van der Waals surface area contributed by atoms with Gasteiger partial charge in [-0.25, -0.2) is 19.7 Å². The van der Waals surface area contributed by atoms with E-state index in [0.29, 0.717) is 34.6 Å². The third-order valence-electron chi connectivity index (χ3n) is 7.24. The third-order valence-corrected chi connectivity index (χ3v) is 7.24. The molecular formula is C32H26N4O4. The van der Waals surface area contributed by atoms with E-state index in [2.05, 4.69) is 16.5 Å². The van der Waals surface area contributed by atoms with E-state index in [-0.39, 0.29) is 17.4 Å². The number of aryl methyl sites for hydroxylation is 1. The van der Waals surface area contributed by atoms with Crippen LogP contribution in [0.2, 0.25) is 0 Å². The number of carboxylic acid groups (broad SMARTS) is 1. The molecule has 2 aromatic heterocycles. The highest BCUT2D eigenvalue weighted by molar-refractivity contribution is 6.34. The van der Waals surface area contributed by atoms with Gasteiger partial charge in [-0.1, -0.05) is 67.9 Å². The predicted molar refractivity (Wildman–Crippen MR) is 152 cm³/mol. The first-order chi connectivity index (χ1) is 19.5. The zero-order chi connectivity index (χ0) is 27.8. The zero-order valence-corrected chi connectivity index (χ0v) is 21.9. The summed E-state index contributed by atoms with van der Waals surface area (Å²) in [7, 11) is 0. The molecule has 0 saturated carbocycles. The summed E-state index contributed by atoms with van der Waals surface area (Å²) < 4.78 is 2.08. The molecule has 8 heteroatoms. The summed E-state index contributed by atoms with van der Waals surface area (Å²) in [5, 5.41) is 9.58. The average molecular weight is 531 g/mol. The molecule has 40 heavy (non-hydrogen) atoms. The molecule has 8 nitrogen and oxygen atoms in total. The van der Waals surface area contributed by atoms with E-state index in [1.165, 1.54) is 11.1 Å². The SMILES string of the molecule is CCCCc1nc2ncc(N3C(=O)c4ccccc4C3=O)cc2n1Cc1ccc(-c2ccccc2C(=O)O)cc1. The molecule has 0 unspecified atom stereocenters. The Morgan fingerprint density at radius 1 is 0.875 bits per heavy atom. The highest BCUT2D eigenvalue weighted by Crippen LogP contribution is 2.31. The van der Waals surface area contributed by atoms with Crippen molar-refractivity contribution in [3.05, 3.63) is 113 Å². The minimum atomic E-state index is -0.966. The molecule has 1 aliphatic rings. The van der Waals surface area contributed by atoms with Crippen LogP contribution in [0.15, 0.2) is 85.1 Å². The van der Waals surface area contributed by atoms with Gasteiger partial charge < -0.3 is 9.67 Å². The number of unbranched alkanes of at least 4 members (excludes halogenated alkanes) is 1. The molecule has 0 spiro atoms. The van der Waals surface area contributed by atoms with Gasteiger partial charge in [-0.05, 0) is 47.4 Å². The van der Waals surface area contributed by atoms with Crippen molar-refractivity contribution in [1.29, 1.82) is 0 Å². The number of carbonyl (C=O) groups excluding carboxylic acids is 2. The number of aromatic nitrogens is 3. The Morgan fingerprint density at radius 3 is 2.17 bits per heavy atom. The first-order valence-electron chi connectivity index (χ1n) is 13.2. The quantitative estimate of drug-likeness (QED) is 0.247. The Labute approximate surface area is 230 Å². The maximum atomic E-state index is 13.1. The van der Waals surface area contributed by atoms with Crippen molar-refractivity contribution >= 4 is 34.6 Å². The summed E-state index contributed by atoms with van der Waals surface area (Å²) in [6.45, 7) is 2.63. The lowest BCUT2D eigenvalue weighted by atomic mass is 9.99. The normalized spacial score (nSPS) is 12.8. The molecule has 198 valence electrons. The first-order valence-corrected chi connectivity index (χ1v) is 13.2. The van der Waals surface area contributed by atoms with Crippen molar-refractivity contribution in [2.45, 2.75) is 32.7 Å². The number of carbonyl (C=O) groups is 3. The Kier molecular flexibility index (Phi) is 6.43. The van der Waals surface area contributed by atoms with Crippen molar-refractivity contribution in [3.63, 3.8) is 0 Å². The number of amides is 2. The third kappa shape index (κ3) is 4.33. The number of hydrogen-bond acceptors (Lipinski definition) is 5. The van der Waals surface area contributed by atoms with E-state index in [4.69, 9.17) is 4.98 Å². The predicted octanol–water partition coefficient (Wildman–Crippen LogP) is 5.99. The van der Waals surface area contributed by atoms with Crippen LogP contribution in [0, 0.1) is 0 Å². The van der Waals surface area contributed by atoms with E-state index in [0.717, 1.165) is 41.7 Å². The minimum absolute atomic E-state index is 0.254. The van der Waals surface area contributed by atoms with Gasteiger partial charge >= 0.3 is 5.97 Å². The Hall–Kier alpha value is -5.11. The maximum Gasteiger partial charge on any atom is 0.336 e. The number of benzene rings is 3. The van der Waals surface area contributed by atoms with Crippen molar-refractivity contribution < 1.29 is 19.5 Å². The van der Waals surface area contributed by atoms with E-state index >= 15 is 0 Å². The van der Waals surface area contributed by atoms with Crippen molar-refractivity contribution in [1.82, 2.24) is 14.5 Å². The highest BCUT2D eigenvalue weighted by Gasteiger charge is 2.36. The number of carboxylic acids is 1. The van der Waals surface area contributed by atoms with Crippen molar-refractivity contribution in [2.24, 2.45) is 0 Å². The zero-order valence-electron chi connectivity index (χ0n) is 21.9. The van der Waals surface area contributed by atoms with Crippen LogP contribution in [0.25, 0.3) is 22.3 Å². The number of anilines is 1. The molecule has 5 aromatic rings. The lowest BCUT2D eigenvalue weighted by Crippen LogP contribution is -2.29. The van der Waals surface area contributed by atoms with E-state index < -0.39 is 5.97 Å². The molecule has 6 rings (SSSR count). The minimum Gasteiger partial charge on any atom is -0.478 e. The second-order valence-electron chi connectivity index (χ2n) is 9.79. The van der Waals surface area contributed by atoms with Crippen LogP contribution in [0.3, 0.4) is 0 Å². The van der Waals surface area contributed by atoms with Gasteiger partial charge in [0.05, 0.1) is 34.1 Å². The lowest BCUT2D eigenvalue weighted by Gasteiger charge is -2.15. The number of imidazole rings is 1. The fourth-order valence-corrected chi connectivity index (χ4v) is 5.18. The van der Waals surface area contributed by atoms with Gasteiger partial charge in [0.1, 0.15) is 5.82 Å². The number of pyridine rings is 1. The van der Waals surface area contributed by atoms with Gasteiger partial charge in [-0.15, -0.1) is 0 Å². The molecule has 1 N–H and O–H groups in total. The van der Waals surface area contributed by atoms with Gasteiger partial charge in [0.15, 0.2) is 5.65 Å². The summed E-state index contributed by atoms with van der Waals surface area (Å²) in [5.41, 5.74) is 5.19. The molecule has 3 aromatic carbocycles. The van der Waals surface area contributed by atoms with Gasteiger partial charge in [0, 0.05) is 13.0 Å². The molecule has 0 radical (unpaired) electrons. The number of nitrogens with zero attached hydrogens (tertiary/aromatic N) is 4. The lowest BCUT2D eigenvalue weighted by molar-refractivity contribution is 0.0697. The highest BCUT2D eigenvalue weighted by atomic mass is 16.4. The summed E-state index contributed by atoms with van der Waals surface area (Å²) in [4.78, 5) is 48.4. The Bertz CT molecular complexity index is 1750. The van der Waals surface area contributed by atoms with E-state index in [1.807, 2.05) is 36.4 Å². The second kappa shape index (κ2) is 10.2. The smallest absolute Gasteiger partial charge is 0.336 e. The average Bonchev–Trinajstić information content (AvgIpc) is 3.45. The van der Waals surface area contributed by atoms with Crippen LogP contribution in [0.4, 0.5) is 5.69 Å². The van der Waals surface area contributed by atoms with Crippen LogP contribution in [0.5, 0.6) is 0 Å². The second-order valence-corrected chi connectivity index (χ2v) is 9.79. The summed E-state index contributed by atoms with van der Waals surface area (Å²) >= 11 is 0. The molecular weight excluding hydrogens is 504 g/mol. The largest absolute Gasteiger partial charge is 0.478 e. The number of rotatable bonds is 8. The molecule has 0 fully saturated rings.